The van der Waals surface area contributed by atoms with E-state index in [0.717, 1.165) is 65.0 Å². The number of nitrogens with zero attached hydrogens (tertiary/aromatic N) is 2. The number of hydrogen-bond acceptors (Lipinski definition) is 4. The molecule has 2 aliphatic rings. The molecule has 24 heavy (non-hydrogen) atoms. The molecule has 2 amide bonds. The van der Waals surface area contributed by atoms with Gasteiger partial charge in [0.25, 0.3) is 0 Å². The number of nitrogens with one attached hydrogen (secondary N) is 2. The van der Waals surface area contributed by atoms with Crippen LogP contribution in [0.5, 0.6) is 0 Å². The summed E-state index contributed by atoms with van der Waals surface area (Å²) in [5, 5.41) is 16.2. The summed E-state index contributed by atoms with van der Waals surface area (Å²) in [5.74, 6) is 0.432. The Morgan fingerprint density at radius 1 is 1.08 bits per heavy atom. The maximum absolute atomic E-state index is 12.0. The molecule has 3 N–H and O–H groups in total. The first-order chi connectivity index (χ1) is 11.5. The van der Waals surface area contributed by atoms with E-state index in [1.54, 1.807) is 0 Å². The van der Waals surface area contributed by atoms with Crippen molar-refractivity contribution in [1.29, 1.82) is 0 Å². The van der Waals surface area contributed by atoms with Crippen molar-refractivity contribution in [3.63, 3.8) is 0 Å². The van der Waals surface area contributed by atoms with Gasteiger partial charge in [-0.05, 0) is 25.3 Å². The van der Waals surface area contributed by atoms with Crippen LogP contribution in [0.1, 0.15) is 46.0 Å². The van der Waals surface area contributed by atoms with Crippen molar-refractivity contribution in [3.05, 3.63) is 0 Å². The van der Waals surface area contributed by atoms with Crippen molar-refractivity contribution in [2.45, 2.75) is 51.6 Å². The lowest BCUT2D eigenvalue weighted by atomic mass is 9.85. The molecule has 2 fully saturated rings. The highest BCUT2D eigenvalue weighted by Gasteiger charge is 2.29. The van der Waals surface area contributed by atoms with Crippen LogP contribution in [0.25, 0.3) is 0 Å². The third-order valence-corrected chi connectivity index (χ3v) is 5.46. The van der Waals surface area contributed by atoms with Crippen molar-refractivity contribution in [2.75, 3.05) is 52.4 Å². The van der Waals surface area contributed by atoms with Gasteiger partial charge in [0.1, 0.15) is 0 Å². The SMILES string of the molecule is CCN1CCN(CC(C)CNC(=O)NCC2(O)CCCCC2)CC1. The molecule has 1 saturated carbocycles. The number of rotatable bonds is 7. The molecule has 0 aromatic heterocycles. The zero-order valence-electron chi connectivity index (χ0n) is 15.5. The maximum atomic E-state index is 12.0. The van der Waals surface area contributed by atoms with Crippen molar-refractivity contribution in [2.24, 2.45) is 5.92 Å². The molecular formula is C18H36N4O2. The molecule has 1 atom stereocenters. The molecule has 6 nitrogen and oxygen atoms in total. The predicted octanol–water partition coefficient (Wildman–Crippen LogP) is 1.25. The van der Waals surface area contributed by atoms with Crippen LogP contribution in [0.3, 0.4) is 0 Å². The summed E-state index contributed by atoms with van der Waals surface area (Å²) >= 11 is 0. The monoisotopic (exact) mass is 340 g/mol. The number of aliphatic hydroxyl groups is 1. The van der Waals surface area contributed by atoms with E-state index in [1.807, 2.05) is 0 Å². The van der Waals surface area contributed by atoms with Crippen LogP contribution in [0, 0.1) is 5.92 Å². The summed E-state index contributed by atoms with van der Waals surface area (Å²) < 4.78 is 0. The third kappa shape index (κ3) is 6.57. The molecule has 0 bridgehead atoms. The van der Waals surface area contributed by atoms with Gasteiger partial charge in [0.2, 0.25) is 0 Å². The first-order valence-electron chi connectivity index (χ1n) is 9.69. The lowest BCUT2D eigenvalue weighted by Gasteiger charge is -2.35. The standard InChI is InChI=1S/C18H36N4O2/c1-3-21-9-11-22(12-10-21)14-16(2)13-19-17(23)20-15-18(24)7-5-4-6-8-18/h16,24H,3-15H2,1-2H3,(H2,19,20,23). The average molecular weight is 341 g/mol. The minimum Gasteiger partial charge on any atom is -0.388 e. The Kier molecular flexibility index (Phi) is 7.78. The predicted molar refractivity (Wildman–Crippen MR) is 97.2 cm³/mol. The summed E-state index contributed by atoms with van der Waals surface area (Å²) in [6.45, 7) is 12.1. The fraction of sp³-hybridized carbons (Fsp3) is 0.944. The Bertz CT molecular complexity index is 377. The summed E-state index contributed by atoms with van der Waals surface area (Å²) in [5.41, 5.74) is -0.694. The van der Waals surface area contributed by atoms with E-state index < -0.39 is 5.60 Å². The fourth-order valence-corrected chi connectivity index (χ4v) is 3.75. The minimum atomic E-state index is -0.694. The number of carbonyl (C=O) groups excluding carboxylic acids is 1. The van der Waals surface area contributed by atoms with E-state index >= 15 is 0 Å². The quantitative estimate of drug-likeness (QED) is 0.653. The second kappa shape index (κ2) is 9.59. The molecule has 0 aromatic rings. The van der Waals surface area contributed by atoms with E-state index in [-0.39, 0.29) is 6.03 Å². The number of carbonyl (C=O) groups is 1. The molecule has 1 unspecified atom stereocenters. The lowest BCUT2D eigenvalue weighted by Crippen LogP contribution is -2.50. The van der Waals surface area contributed by atoms with Gasteiger partial charge >= 0.3 is 6.03 Å². The van der Waals surface area contributed by atoms with Crippen LogP contribution in [0.2, 0.25) is 0 Å². The lowest BCUT2D eigenvalue weighted by molar-refractivity contribution is 0.00717. The molecular weight excluding hydrogens is 304 g/mol. The molecule has 6 heteroatoms. The zero-order chi connectivity index (χ0) is 17.4. The van der Waals surface area contributed by atoms with Crippen molar-refractivity contribution in [3.8, 4) is 0 Å². The van der Waals surface area contributed by atoms with Crippen molar-refractivity contribution < 1.29 is 9.90 Å². The molecule has 0 spiro atoms. The van der Waals surface area contributed by atoms with Gasteiger partial charge in [-0.15, -0.1) is 0 Å². The summed E-state index contributed by atoms with van der Waals surface area (Å²) in [6.07, 6.45) is 4.91. The Labute approximate surface area is 147 Å². The topological polar surface area (TPSA) is 67.8 Å². The molecule has 2 rings (SSSR count). The van der Waals surface area contributed by atoms with Gasteiger partial charge in [0.05, 0.1) is 5.60 Å². The molecule has 1 heterocycles. The smallest absolute Gasteiger partial charge is 0.314 e. The maximum Gasteiger partial charge on any atom is 0.314 e. The van der Waals surface area contributed by atoms with Crippen LogP contribution in [0.4, 0.5) is 4.79 Å². The molecule has 1 aliphatic heterocycles. The van der Waals surface area contributed by atoms with E-state index in [9.17, 15) is 9.90 Å². The Hall–Kier alpha value is -0.850. The third-order valence-electron chi connectivity index (χ3n) is 5.46. The van der Waals surface area contributed by atoms with Crippen LogP contribution >= 0.6 is 0 Å². The summed E-state index contributed by atoms with van der Waals surface area (Å²) in [7, 11) is 0. The molecule has 0 aromatic carbocycles. The number of piperazine rings is 1. The van der Waals surface area contributed by atoms with Crippen molar-refractivity contribution >= 4 is 6.03 Å². The van der Waals surface area contributed by atoms with Gasteiger partial charge in [-0.3, -0.25) is 0 Å². The normalized spacial score (nSPS) is 23.6. The fourth-order valence-electron chi connectivity index (χ4n) is 3.75. The van der Waals surface area contributed by atoms with Gasteiger partial charge < -0.3 is 25.5 Å². The zero-order valence-corrected chi connectivity index (χ0v) is 15.5. The number of hydrogen-bond donors (Lipinski definition) is 3. The van der Waals surface area contributed by atoms with Crippen LogP contribution in [-0.2, 0) is 0 Å². The Balaban J connectivity index is 1.57. The van der Waals surface area contributed by atoms with E-state index in [0.29, 0.717) is 19.0 Å². The first kappa shape index (κ1) is 19.5. The second-order valence-corrected chi connectivity index (χ2v) is 7.69. The minimum absolute atomic E-state index is 0.156. The highest BCUT2D eigenvalue weighted by atomic mass is 16.3. The average Bonchev–Trinajstić information content (AvgIpc) is 2.59. The number of urea groups is 1. The van der Waals surface area contributed by atoms with Gasteiger partial charge in [-0.2, -0.15) is 0 Å². The van der Waals surface area contributed by atoms with Gasteiger partial charge in [-0.25, -0.2) is 4.79 Å². The molecule has 140 valence electrons. The molecule has 0 radical (unpaired) electrons. The van der Waals surface area contributed by atoms with E-state index in [1.165, 1.54) is 6.42 Å². The van der Waals surface area contributed by atoms with Crippen LogP contribution in [-0.4, -0.2) is 78.9 Å². The first-order valence-corrected chi connectivity index (χ1v) is 9.69. The van der Waals surface area contributed by atoms with Crippen LogP contribution < -0.4 is 10.6 Å². The number of amides is 2. The molecule has 1 aliphatic carbocycles. The van der Waals surface area contributed by atoms with Gasteiger partial charge in [0, 0.05) is 45.8 Å². The second-order valence-electron chi connectivity index (χ2n) is 7.69. The summed E-state index contributed by atoms with van der Waals surface area (Å²) in [4.78, 5) is 16.9. The highest BCUT2D eigenvalue weighted by molar-refractivity contribution is 5.73. The van der Waals surface area contributed by atoms with Crippen molar-refractivity contribution in [1.82, 2.24) is 20.4 Å². The van der Waals surface area contributed by atoms with E-state index in [4.69, 9.17) is 0 Å². The Morgan fingerprint density at radius 3 is 2.33 bits per heavy atom. The summed E-state index contributed by atoms with van der Waals surface area (Å²) in [6, 6.07) is -0.156. The highest BCUT2D eigenvalue weighted by Crippen LogP contribution is 2.27. The van der Waals surface area contributed by atoms with E-state index in [2.05, 4.69) is 34.3 Å². The largest absolute Gasteiger partial charge is 0.388 e. The number of likely N-dealkylation sites (N-methyl/N-ethyl adjacent to an activating group) is 1. The van der Waals surface area contributed by atoms with Gasteiger partial charge in [0.15, 0.2) is 0 Å². The van der Waals surface area contributed by atoms with Gasteiger partial charge in [-0.1, -0.05) is 33.1 Å². The Morgan fingerprint density at radius 2 is 1.71 bits per heavy atom. The van der Waals surface area contributed by atoms with Crippen LogP contribution in [0.15, 0.2) is 0 Å². The molecule has 1 saturated heterocycles.